The van der Waals surface area contributed by atoms with Crippen LogP contribution >= 0.6 is 0 Å². The Morgan fingerprint density at radius 1 is 1.04 bits per heavy atom. The van der Waals surface area contributed by atoms with Crippen molar-refractivity contribution in [2.45, 2.75) is 40.0 Å². The summed E-state index contributed by atoms with van der Waals surface area (Å²) in [5.41, 5.74) is 5.06. The number of aryl methyl sites for hydroxylation is 1. The number of amides is 2. The highest BCUT2D eigenvalue weighted by molar-refractivity contribution is 5.95. The van der Waals surface area contributed by atoms with Gasteiger partial charge in [0, 0.05) is 50.0 Å². The molecule has 0 atom stereocenters. The van der Waals surface area contributed by atoms with Crippen LogP contribution in [0.1, 0.15) is 37.3 Å². The third-order valence-electron chi connectivity index (χ3n) is 5.45. The third kappa shape index (κ3) is 4.71. The van der Waals surface area contributed by atoms with Crippen LogP contribution in [0.25, 0.3) is 0 Å². The van der Waals surface area contributed by atoms with E-state index in [1.165, 1.54) is 25.5 Å². The molecule has 3 rings (SSSR count). The Balaban J connectivity index is 1.62. The van der Waals surface area contributed by atoms with Gasteiger partial charge in [0.2, 0.25) is 11.8 Å². The maximum absolute atomic E-state index is 12.4. The van der Waals surface area contributed by atoms with Gasteiger partial charge in [0.1, 0.15) is 0 Å². The Labute approximate surface area is 167 Å². The predicted octanol–water partition coefficient (Wildman–Crippen LogP) is 4.29. The SMILES string of the molecule is CC(=O)N(CCC(=O)Nc1cccc(C)c1C)c1ccc(N2CCCC2)cc1. The van der Waals surface area contributed by atoms with Crippen molar-refractivity contribution in [2.75, 3.05) is 34.8 Å². The number of anilines is 3. The van der Waals surface area contributed by atoms with Crippen LogP contribution in [-0.2, 0) is 9.59 Å². The minimum Gasteiger partial charge on any atom is -0.372 e. The standard InChI is InChI=1S/C23H29N3O2/c1-17-7-6-8-22(18(17)2)24-23(28)13-16-26(19(3)27)21-11-9-20(10-12-21)25-14-4-5-15-25/h6-12H,4-5,13-16H2,1-3H3,(H,24,28). The molecule has 0 saturated carbocycles. The van der Waals surface area contributed by atoms with E-state index in [2.05, 4.69) is 22.3 Å². The second-order valence-electron chi connectivity index (χ2n) is 7.43. The van der Waals surface area contributed by atoms with Crippen LogP contribution in [0.3, 0.4) is 0 Å². The number of rotatable bonds is 6. The second-order valence-corrected chi connectivity index (χ2v) is 7.43. The van der Waals surface area contributed by atoms with E-state index in [0.717, 1.165) is 35.6 Å². The van der Waals surface area contributed by atoms with Crippen molar-refractivity contribution < 1.29 is 9.59 Å². The first-order valence-corrected chi connectivity index (χ1v) is 9.95. The van der Waals surface area contributed by atoms with Crippen LogP contribution in [0, 0.1) is 13.8 Å². The van der Waals surface area contributed by atoms with Crippen molar-refractivity contribution in [3.05, 3.63) is 53.6 Å². The van der Waals surface area contributed by atoms with Gasteiger partial charge in [-0.05, 0) is 68.1 Å². The molecule has 2 aromatic carbocycles. The van der Waals surface area contributed by atoms with E-state index in [-0.39, 0.29) is 18.2 Å². The molecule has 1 fully saturated rings. The van der Waals surface area contributed by atoms with Gasteiger partial charge < -0.3 is 15.1 Å². The molecule has 2 aromatic rings. The average molecular weight is 380 g/mol. The summed E-state index contributed by atoms with van der Waals surface area (Å²) in [4.78, 5) is 28.6. The lowest BCUT2D eigenvalue weighted by Crippen LogP contribution is -2.32. The zero-order chi connectivity index (χ0) is 20.1. The molecule has 0 aliphatic carbocycles. The second kappa shape index (κ2) is 8.91. The van der Waals surface area contributed by atoms with Gasteiger partial charge in [-0.1, -0.05) is 12.1 Å². The van der Waals surface area contributed by atoms with Crippen LogP contribution in [0.2, 0.25) is 0 Å². The van der Waals surface area contributed by atoms with Gasteiger partial charge in [-0.2, -0.15) is 0 Å². The number of hydrogen-bond donors (Lipinski definition) is 1. The Morgan fingerprint density at radius 2 is 1.71 bits per heavy atom. The molecule has 5 nitrogen and oxygen atoms in total. The van der Waals surface area contributed by atoms with Crippen molar-refractivity contribution in [2.24, 2.45) is 0 Å². The lowest BCUT2D eigenvalue weighted by Gasteiger charge is -2.23. The van der Waals surface area contributed by atoms with Gasteiger partial charge in [-0.15, -0.1) is 0 Å². The Morgan fingerprint density at radius 3 is 2.36 bits per heavy atom. The minimum atomic E-state index is -0.0892. The van der Waals surface area contributed by atoms with E-state index in [4.69, 9.17) is 0 Å². The van der Waals surface area contributed by atoms with E-state index in [1.807, 2.05) is 44.2 Å². The number of nitrogens with one attached hydrogen (secondary N) is 1. The molecule has 0 spiro atoms. The van der Waals surface area contributed by atoms with Crippen molar-refractivity contribution in [3.63, 3.8) is 0 Å². The predicted molar refractivity (Wildman–Crippen MR) is 115 cm³/mol. The molecule has 5 heteroatoms. The van der Waals surface area contributed by atoms with Crippen LogP contribution in [0.5, 0.6) is 0 Å². The summed E-state index contributed by atoms with van der Waals surface area (Å²) in [5.74, 6) is -0.151. The van der Waals surface area contributed by atoms with Crippen LogP contribution in [0.4, 0.5) is 17.1 Å². The maximum atomic E-state index is 12.4. The molecule has 1 aliphatic rings. The van der Waals surface area contributed by atoms with Crippen molar-refractivity contribution in [1.82, 2.24) is 0 Å². The minimum absolute atomic E-state index is 0.0616. The molecular weight excluding hydrogens is 350 g/mol. The number of carbonyl (C=O) groups excluding carboxylic acids is 2. The highest BCUT2D eigenvalue weighted by atomic mass is 16.2. The number of nitrogens with zero attached hydrogens (tertiary/aromatic N) is 2. The van der Waals surface area contributed by atoms with E-state index < -0.39 is 0 Å². The van der Waals surface area contributed by atoms with Gasteiger partial charge in [-0.25, -0.2) is 0 Å². The topological polar surface area (TPSA) is 52.7 Å². The van der Waals surface area contributed by atoms with Crippen molar-refractivity contribution >= 4 is 28.9 Å². The number of carbonyl (C=O) groups is 2. The smallest absolute Gasteiger partial charge is 0.226 e. The quantitative estimate of drug-likeness (QED) is 0.815. The third-order valence-corrected chi connectivity index (χ3v) is 5.45. The molecular formula is C23H29N3O2. The molecule has 0 unspecified atom stereocenters. The highest BCUT2D eigenvalue weighted by Gasteiger charge is 2.16. The molecule has 28 heavy (non-hydrogen) atoms. The lowest BCUT2D eigenvalue weighted by atomic mass is 10.1. The fourth-order valence-electron chi connectivity index (χ4n) is 3.60. The van der Waals surface area contributed by atoms with E-state index in [9.17, 15) is 9.59 Å². The normalized spacial score (nSPS) is 13.5. The molecule has 0 aromatic heterocycles. The van der Waals surface area contributed by atoms with Crippen molar-refractivity contribution in [3.8, 4) is 0 Å². The average Bonchev–Trinajstić information content (AvgIpc) is 3.21. The van der Waals surface area contributed by atoms with Gasteiger partial charge in [-0.3, -0.25) is 9.59 Å². The summed E-state index contributed by atoms with van der Waals surface area (Å²) < 4.78 is 0. The maximum Gasteiger partial charge on any atom is 0.226 e. The summed E-state index contributed by atoms with van der Waals surface area (Å²) >= 11 is 0. The fourth-order valence-corrected chi connectivity index (χ4v) is 3.60. The molecule has 1 N–H and O–H groups in total. The molecule has 1 aliphatic heterocycles. The molecule has 0 bridgehead atoms. The number of hydrogen-bond acceptors (Lipinski definition) is 3. The van der Waals surface area contributed by atoms with Crippen molar-refractivity contribution in [1.29, 1.82) is 0 Å². The van der Waals surface area contributed by atoms with Crippen LogP contribution in [-0.4, -0.2) is 31.4 Å². The summed E-state index contributed by atoms with van der Waals surface area (Å²) in [6.07, 6.45) is 2.72. The van der Waals surface area contributed by atoms with Gasteiger partial charge in [0.05, 0.1) is 0 Å². The molecule has 1 heterocycles. The Hall–Kier alpha value is -2.82. The summed E-state index contributed by atoms with van der Waals surface area (Å²) in [6.45, 7) is 8.09. The molecule has 0 radical (unpaired) electrons. The summed E-state index contributed by atoms with van der Waals surface area (Å²) in [6, 6.07) is 13.9. The zero-order valence-corrected chi connectivity index (χ0v) is 17.0. The van der Waals surface area contributed by atoms with Crippen LogP contribution in [0.15, 0.2) is 42.5 Å². The van der Waals surface area contributed by atoms with Gasteiger partial charge in [0.15, 0.2) is 0 Å². The van der Waals surface area contributed by atoms with Crippen LogP contribution < -0.4 is 15.1 Å². The first-order valence-electron chi connectivity index (χ1n) is 9.95. The zero-order valence-electron chi connectivity index (χ0n) is 17.0. The highest BCUT2D eigenvalue weighted by Crippen LogP contribution is 2.24. The monoisotopic (exact) mass is 379 g/mol. The first-order chi connectivity index (χ1) is 13.5. The van der Waals surface area contributed by atoms with E-state index in [1.54, 1.807) is 4.90 Å². The lowest BCUT2D eigenvalue weighted by molar-refractivity contribution is -0.117. The van der Waals surface area contributed by atoms with E-state index >= 15 is 0 Å². The Kier molecular flexibility index (Phi) is 6.34. The molecule has 148 valence electrons. The fraction of sp³-hybridized carbons (Fsp3) is 0.391. The Bertz CT molecular complexity index is 839. The number of benzene rings is 2. The molecule has 2 amide bonds. The first kappa shape index (κ1) is 19.9. The van der Waals surface area contributed by atoms with E-state index in [0.29, 0.717) is 6.54 Å². The molecule has 1 saturated heterocycles. The van der Waals surface area contributed by atoms with Gasteiger partial charge in [0.25, 0.3) is 0 Å². The summed E-state index contributed by atoms with van der Waals surface area (Å²) in [7, 11) is 0. The van der Waals surface area contributed by atoms with Gasteiger partial charge >= 0.3 is 0 Å². The summed E-state index contributed by atoms with van der Waals surface area (Å²) in [5, 5.41) is 2.96. The largest absolute Gasteiger partial charge is 0.372 e.